The molecule has 0 amide bonds. The number of esters is 4. The van der Waals surface area contributed by atoms with Gasteiger partial charge in [-0.05, 0) is 30.5 Å². The number of hydrogen-bond donors (Lipinski definition) is 0. The zero-order valence-electron chi connectivity index (χ0n) is 25.8. The van der Waals surface area contributed by atoms with Crippen molar-refractivity contribution < 1.29 is 42.9 Å². The monoisotopic (exact) mass is 608 g/mol. The predicted molar refractivity (Wildman–Crippen MR) is 160 cm³/mol. The van der Waals surface area contributed by atoms with Crippen molar-refractivity contribution in [1.29, 1.82) is 0 Å². The van der Waals surface area contributed by atoms with Crippen LogP contribution in [0.5, 0.6) is 0 Å². The van der Waals surface area contributed by atoms with E-state index in [0.717, 1.165) is 17.7 Å². The molecule has 2 rings (SSSR count). The summed E-state index contributed by atoms with van der Waals surface area (Å²) in [5.41, 5.74) is 0.402. The van der Waals surface area contributed by atoms with Crippen LogP contribution in [0.1, 0.15) is 104 Å². The molecule has 5 atom stereocenters. The second-order valence-corrected chi connectivity index (χ2v) is 11.9. The quantitative estimate of drug-likeness (QED) is 0.106. The van der Waals surface area contributed by atoms with Gasteiger partial charge in [-0.15, -0.1) is 0 Å². The molecule has 1 aromatic carbocycles. The Hall–Kier alpha value is -2.59. The molecule has 0 aliphatic carbocycles. The van der Waals surface area contributed by atoms with Crippen molar-refractivity contribution in [1.82, 2.24) is 0 Å². The fraction of sp³-hybridized carbons (Fsp3) is 0.688. The van der Waals surface area contributed by atoms with Gasteiger partial charge in [0, 0.05) is 32.6 Å². The Morgan fingerprint density at radius 3 is 1.69 bits per heavy atom. The zero-order chi connectivity index (χ0) is 30.9. The van der Waals surface area contributed by atoms with Gasteiger partial charge in [0.2, 0.25) is 0 Å². The van der Waals surface area contributed by atoms with E-state index < -0.39 is 53.7 Å². The average Bonchev–Trinajstić information content (AvgIpc) is 2.92. The van der Waals surface area contributed by atoms with Crippen LogP contribution in [0.25, 0.3) is 0 Å². The molecule has 0 bridgehead atoms. The van der Waals surface area contributed by atoms with Gasteiger partial charge in [-0.1, -0.05) is 88.6 Å². The molecule has 0 aromatic heterocycles. The molecule has 10 heteroatoms. The summed E-state index contributed by atoms with van der Waals surface area (Å²) in [4.78, 5) is 48.3. The van der Waals surface area contributed by atoms with Gasteiger partial charge in [-0.2, -0.15) is 0 Å². The van der Waals surface area contributed by atoms with Crippen LogP contribution >= 0.6 is 11.8 Å². The molecule has 0 spiro atoms. The molecule has 1 unspecified atom stereocenters. The number of carbonyl (C=O) groups excluding carboxylic acids is 4. The largest absolute Gasteiger partial charge is 0.463 e. The summed E-state index contributed by atoms with van der Waals surface area (Å²) in [6.45, 7) is 6.90. The summed E-state index contributed by atoms with van der Waals surface area (Å²) in [5.74, 6) is -2.46. The molecule has 1 aromatic rings. The van der Waals surface area contributed by atoms with Crippen molar-refractivity contribution in [3.8, 4) is 0 Å². The first kappa shape index (κ1) is 35.6. The van der Waals surface area contributed by atoms with Crippen LogP contribution in [-0.4, -0.2) is 60.3 Å². The third-order valence-electron chi connectivity index (χ3n) is 6.94. The van der Waals surface area contributed by atoms with Crippen LogP contribution in [0.4, 0.5) is 0 Å². The highest BCUT2D eigenvalue weighted by Crippen LogP contribution is 2.37. The van der Waals surface area contributed by atoms with Gasteiger partial charge in [0.1, 0.15) is 18.1 Å². The molecule has 1 fully saturated rings. The van der Waals surface area contributed by atoms with Crippen LogP contribution in [0.2, 0.25) is 0 Å². The number of benzene rings is 1. The first-order valence-electron chi connectivity index (χ1n) is 15.2. The summed E-state index contributed by atoms with van der Waals surface area (Å²) in [6, 6.07) is 8.09. The van der Waals surface area contributed by atoms with E-state index in [1.165, 1.54) is 103 Å². The van der Waals surface area contributed by atoms with E-state index in [0.29, 0.717) is 0 Å². The summed E-state index contributed by atoms with van der Waals surface area (Å²) in [6.07, 6.45) is 9.59. The molecular formula is C32H48O9S. The number of aryl methyl sites for hydroxylation is 1. The molecule has 1 heterocycles. The van der Waals surface area contributed by atoms with Crippen LogP contribution in [0.3, 0.4) is 0 Å². The highest BCUT2D eigenvalue weighted by atomic mass is 32.2. The Morgan fingerprint density at radius 2 is 1.17 bits per heavy atom. The molecule has 9 nitrogen and oxygen atoms in total. The topological polar surface area (TPSA) is 114 Å². The molecule has 0 N–H and O–H groups in total. The standard InChI is InChI=1S/C32H48O9S/c1-6-7-8-9-10-11-12-13-14-15-16-26-17-19-27(20-18-26)42-32-31(40-25(5)36)30(39-24(4)35)29(38-23(3)34)28(41-32)21-37-22(2)33/h17-20,28-32H,6-16,21H2,1-5H3/t28-,29-,30+,31-,32?/m1/s1. The van der Waals surface area contributed by atoms with E-state index in [2.05, 4.69) is 19.1 Å². The maximum Gasteiger partial charge on any atom is 0.303 e. The van der Waals surface area contributed by atoms with Crippen molar-refractivity contribution in [2.24, 2.45) is 0 Å². The molecule has 1 aliphatic rings. The Bertz CT molecular complexity index is 981. The summed E-state index contributed by atoms with van der Waals surface area (Å²) in [7, 11) is 0. The van der Waals surface area contributed by atoms with Gasteiger partial charge in [-0.25, -0.2) is 0 Å². The molecule has 236 valence electrons. The fourth-order valence-corrected chi connectivity index (χ4v) is 6.07. The maximum absolute atomic E-state index is 12.0. The summed E-state index contributed by atoms with van der Waals surface area (Å²) in [5, 5.41) is 0. The summed E-state index contributed by atoms with van der Waals surface area (Å²) < 4.78 is 27.8. The van der Waals surface area contributed by atoms with Crippen molar-refractivity contribution >= 4 is 35.6 Å². The van der Waals surface area contributed by atoms with Crippen molar-refractivity contribution in [3.63, 3.8) is 0 Å². The zero-order valence-corrected chi connectivity index (χ0v) is 26.6. The second-order valence-electron chi connectivity index (χ2n) is 10.8. The van der Waals surface area contributed by atoms with Crippen LogP contribution < -0.4 is 0 Å². The van der Waals surface area contributed by atoms with E-state index in [-0.39, 0.29) is 6.61 Å². The van der Waals surface area contributed by atoms with Crippen LogP contribution in [0, 0.1) is 0 Å². The van der Waals surface area contributed by atoms with Gasteiger partial charge in [0.15, 0.2) is 18.3 Å². The molecule has 1 aliphatic heterocycles. The third kappa shape index (κ3) is 13.6. The lowest BCUT2D eigenvalue weighted by molar-refractivity contribution is -0.237. The van der Waals surface area contributed by atoms with Gasteiger partial charge >= 0.3 is 23.9 Å². The minimum atomic E-state index is -1.17. The van der Waals surface area contributed by atoms with Gasteiger partial charge in [0.05, 0.1) is 0 Å². The number of carbonyl (C=O) groups is 4. The Morgan fingerprint density at radius 1 is 0.667 bits per heavy atom. The average molecular weight is 609 g/mol. The highest BCUT2D eigenvalue weighted by molar-refractivity contribution is 7.99. The minimum Gasteiger partial charge on any atom is -0.463 e. The van der Waals surface area contributed by atoms with Crippen LogP contribution in [0.15, 0.2) is 29.2 Å². The number of thioether (sulfide) groups is 1. The smallest absolute Gasteiger partial charge is 0.303 e. The van der Waals surface area contributed by atoms with Gasteiger partial charge in [-0.3, -0.25) is 19.2 Å². The lowest BCUT2D eigenvalue weighted by Gasteiger charge is -2.44. The number of hydrogen-bond acceptors (Lipinski definition) is 10. The molecule has 42 heavy (non-hydrogen) atoms. The SMILES string of the molecule is CCCCCCCCCCCCc1ccc(SC2O[C@H](COC(C)=O)[C@@H](OC(C)=O)[C@H](OC(C)=O)[C@H]2OC(C)=O)cc1. The first-order chi connectivity index (χ1) is 20.1. The van der Waals surface area contributed by atoms with Crippen molar-refractivity contribution in [3.05, 3.63) is 29.8 Å². The Kier molecular flexibility index (Phi) is 16.6. The number of unbranched alkanes of at least 4 members (excludes halogenated alkanes) is 9. The number of rotatable bonds is 18. The lowest BCUT2D eigenvalue weighted by atomic mass is 9.99. The highest BCUT2D eigenvalue weighted by Gasteiger charge is 2.52. The van der Waals surface area contributed by atoms with E-state index in [4.69, 9.17) is 23.7 Å². The molecular weight excluding hydrogens is 560 g/mol. The molecule has 1 saturated heterocycles. The number of ether oxygens (including phenoxy) is 5. The van der Waals surface area contributed by atoms with Crippen molar-refractivity contribution in [2.75, 3.05) is 6.61 Å². The van der Waals surface area contributed by atoms with Crippen LogP contribution in [-0.2, 0) is 49.3 Å². The second kappa shape index (κ2) is 19.6. The third-order valence-corrected chi connectivity index (χ3v) is 8.10. The van der Waals surface area contributed by atoms with Gasteiger partial charge in [0.25, 0.3) is 0 Å². The predicted octanol–water partition coefficient (Wildman–Crippen LogP) is 6.33. The van der Waals surface area contributed by atoms with E-state index in [1.807, 2.05) is 12.1 Å². The Labute approximate surface area is 254 Å². The van der Waals surface area contributed by atoms with Crippen molar-refractivity contribution in [2.45, 2.75) is 140 Å². The first-order valence-corrected chi connectivity index (χ1v) is 16.0. The summed E-state index contributed by atoms with van der Waals surface area (Å²) >= 11 is 1.29. The maximum atomic E-state index is 12.0. The fourth-order valence-electron chi connectivity index (χ4n) is 4.97. The Balaban J connectivity index is 2.04. The van der Waals surface area contributed by atoms with Gasteiger partial charge < -0.3 is 23.7 Å². The minimum absolute atomic E-state index is 0.243. The molecule has 0 radical (unpaired) electrons. The van der Waals surface area contributed by atoms with E-state index >= 15 is 0 Å². The van der Waals surface area contributed by atoms with E-state index in [9.17, 15) is 19.2 Å². The molecule has 0 saturated carbocycles. The lowest BCUT2D eigenvalue weighted by Crippen LogP contribution is -2.61. The van der Waals surface area contributed by atoms with E-state index in [1.54, 1.807) is 0 Å². The normalized spacial score (nSPS) is 21.8.